The summed E-state index contributed by atoms with van der Waals surface area (Å²) in [6, 6.07) is 6.57. The van der Waals surface area contributed by atoms with Gasteiger partial charge >= 0.3 is 0 Å². The van der Waals surface area contributed by atoms with Crippen LogP contribution in [0.5, 0.6) is 5.75 Å². The molecule has 100 valence electrons. The van der Waals surface area contributed by atoms with Gasteiger partial charge in [0.2, 0.25) is 0 Å². The van der Waals surface area contributed by atoms with Crippen molar-refractivity contribution >= 4 is 15.9 Å². The summed E-state index contributed by atoms with van der Waals surface area (Å²) in [4.78, 5) is 0. The van der Waals surface area contributed by atoms with Gasteiger partial charge in [-0.1, -0.05) is 34.0 Å². The maximum Gasteiger partial charge on any atom is 0.148 e. The Morgan fingerprint density at radius 1 is 1.42 bits per heavy atom. The second kappa shape index (κ2) is 7.37. The van der Waals surface area contributed by atoms with Crippen LogP contribution in [0.4, 0.5) is 0 Å². The van der Waals surface area contributed by atoms with E-state index in [1.807, 2.05) is 12.1 Å². The molecule has 2 nitrogen and oxygen atoms in total. The monoisotopic (exact) mass is 319 g/mol. The minimum Gasteiger partial charge on any atom is -0.481 e. The second-order valence-electron chi connectivity index (χ2n) is 4.61. The van der Waals surface area contributed by atoms with Crippen LogP contribution in [0, 0.1) is 12.3 Å². The molecule has 0 aromatic heterocycles. The van der Waals surface area contributed by atoms with Crippen LogP contribution >= 0.6 is 15.9 Å². The molecular weight excluding hydrogens is 302 g/mol. The van der Waals surface area contributed by atoms with E-state index in [-0.39, 0.29) is 0 Å². The van der Waals surface area contributed by atoms with Gasteiger partial charge in [0.25, 0.3) is 0 Å². The van der Waals surface area contributed by atoms with E-state index in [4.69, 9.17) is 11.2 Å². The maximum absolute atomic E-state index is 5.57. The van der Waals surface area contributed by atoms with Gasteiger partial charge in [-0.05, 0) is 37.5 Å². The lowest BCUT2D eigenvalue weighted by Gasteiger charge is -2.20. The average molecular weight is 320 g/mol. The summed E-state index contributed by atoms with van der Waals surface area (Å²) in [5.41, 5.74) is 1.14. The number of terminal acetylenes is 1. The molecule has 0 amide bonds. The Morgan fingerprint density at radius 2 is 2.32 bits per heavy atom. The highest BCUT2D eigenvalue weighted by Gasteiger charge is 2.11. The van der Waals surface area contributed by atoms with Crippen LogP contribution in [-0.4, -0.2) is 12.6 Å². The summed E-state index contributed by atoms with van der Waals surface area (Å²) >= 11 is 3.50. The van der Waals surface area contributed by atoms with Crippen molar-refractivity contribution in [3.63, 3.8) is 0 Å². The normalized spacial score (nSPS) is 18.0. The van der Waals surface area contributed by atoms with Crippen molar-refractivity contribution in [2.24, 2.45) is 0 Å². The summed E-state index contributed by atoms with van der Waals surface area (Å²) in [5.74, 6) is 3.36. The van der Waals surface area contributed by atoms with Crippen molar-refractivity contribution in [2.45, 2.75) is 31.8 Å². The summed E-state index contributed by atoms with van der Waals surface area (Å²) in [6.07, 6.45) is 13.2. The fourth-order valence-electron chi connectivity index (χ4n) is 2.18. The Labute approximate surface area is 123 Å². The first-order valence-electron chi connectivity index (χ1n) is 6.52. The third-order valence-corrected chi connectivity index (χ3v) is 3.68. The van der Waals surface area contributed by atoms with E-state index in [1.54, 1.807) is 0 Å². The summed E-state index contributed by atoms with van der Waals surface area (Å²) in [5, 5.41) is 3.58. The molecule has 1 unspecified atom stereocenters. The van der Waals surface area contributed by atoms with Crippen LogP contribution in [-0.2, 0) is 6.54 Å². The molecule has 1 N–H and O–H groups in total. The van der Waals surface area contributed by atoms with E-state index in [0.29, 0.717) is 12.6 Å². The standard InChI is InChI=1S/C16H18BrNO/c1-2-10-19-16-9-8-14(17)11-13(16)12-18-15-6-4-3-5-7-15/h1,3-4,8-9,11,15,18H,5-7,10,12H2. The minimum absolute atomic E-state index is 0.306. The van der Waals surface area contributed by atoms with Gasteiger partial charge < -0.3 is 10.1 Å². The van der Waals surface area contributed by atoms with Gasteiger partial charge in [-0.2, -0.15) is 0 Å². The van der Waals surface area contributed by atoms with Crippen molar-refractivity contribution < 1.29 is 4.74 Å². The lowest BCUT2D eigenvalue weighted by atomic mass is 10.0. The zero-order valence-electron chi connectivity index (χ0n) is 10.9. The first kappa shape index (κ1) is 14.2. The van der Waals surface area contributed by atoms with Crippen molar-refractivity contribution in [2.75, 3.05) is 6.61 Å². The lowest BCUT2D eigenvalue weighted by molar-refractivity contribution is 0.362. The van der Waals surface area contributed by atoms with Crippen LogP contribution in [0.15, 0.2) is 34.8 Å². The average Bonchev–Trinajstić information content (AvgIpc) is 2.45. The van der Waals surface area contributed by atoms with Crippen molar-refractivity contribution in [1.29, 1.82) is 0 Å². The molecule has 0 aliphatic heterocycles. The number of hydrogen-bond donors (Lipinski definition) is 1. The van der Waals surface area contributed by atoms with E-state index >= 15 is 0 Å². The Morgan fingerprint density at radius 3 is 3.05 bits per heavy atom. The van der Waals surface area contributed by atoms with Gasteiger partial charge in [-0.3, -0.25) is 0 Å². The van der Waals surface area contributed by atoms with Gasteiger partial charge in [0.05, 0.1) is 0 Å². The van der Waals surface area contributed by atoms with Crippen molar-refractivity contribution in [3.05, 3.63) is 40.4 Å². The molecule has 1 aliphatic rings. The van der Waals surface area contributed by atoms with Crippen molar-refractivity contribution in [3.8, 4) is 18.1 Å². The highest BCUT2D eigenvalue weighted by atomic mass is 79.9. The smallest absolute Gasteiger partial charge is 0.148 e. The molecule has 1 aliphatic carbocycles. The number of allylic oxidation sites excluding steroid dienone is 1. The Kier molecular flexibility index (Phi) is 5.50. The molecule has 1 aromatic rings. The van der Waals surface area contributed by atoms with Gasteiger partial charge in [0.1, 0.15) is 12.4 Å². The fourth-order valence-corrected chi connectivity index (χ4v) is 2.59. The summed E-state index contributed by atoms with van der Waals surface area (Å²) < 4.78 is 6.63. The zero-order chi connectivity index (χ0) is 13.5. The highest BCUT2D eigenvalue weighted by Crippen LogP contribution is 2.24. The Hall–Kier alpha value is -1.24. The predicted molar refractivity (Wildman–Crippen MR) is 82.1 cm³/mol. The third-order valence-electron chi connectivity index (χ3n) is 3.18. The van der Waals surface area contributed by atoms with Crippen LogP contribution in [0.1, 0.15) is 24.8 Å². The SMILES string of the molecule is C#CCOc1ccc(Br)cc1CNC1CC=CCC1. The third kappa shape index (κ3) is 4.41. The second-order valence-corrected chi connectivity index (χ2v) is 5.52. The Bertz CT molecular complexity index is 490. The number of hydrogen-bond acceptors (Lipinski definition) is 2. The minimum atomic E-state index is 0.306. The largest absolute Gasteiger partial charge is 0.481 e. The molecule has 3 heteroatoms. The van der Waals surface area contributed by atoms with Crippen LogP contribution in [0.3, 0.4) is 0 Å². The fraction of sp³-hybridized carbons (Fsp3) is 0.375. The van der Waals surface area contributed by atoms with Gasteiger partial charge in [0, 0.05) is 22.6 Å². The van der Waals surface area contributed by atoms with E-state index in [1.165, 1.54) is 6.42 Å². The Balaban J connectivity index is 1.99. The molecule has 0 spiro atoms. The number of halogens is 1. The maximum atomic E-state index is 5.57. The topological polar surface area (TPSA) is 21.3 Å². The quantitative estimate of drug-likeness (QED) is 0.660. The van der Waals surface area contributed by atoms with Crippen LogP contribution < -0.4 is 10.1 Å². The predicted octanol–water partition coefficient (Wildman–Crippen LogP) is 3.66. The first-order valence-corrected chi connectivity index (χ1v) is 7.32. The molecule has 0 saturated carbocycles. The highest BCUT2D eigenvalue weighted by molar-refractivity contribution is 9.10. The number of rotatable bonds is 5. The summed E-state index contributed by atoms with van der Waals surface area (Å²) in [6.45, 7) is 1.11. The van der Waals surface area contributed by atoms with E-state index < -0.39 is 0 Å². The molecule has 2 rings (SSSR count). The van der Waals surface area contributed by atoms with Gasteiger partial charge in [-0.15, -0.1) is 6.42 Å². The molecule has 19 heavy (non-hydrogen) atoms. The number of benzene rings is 1. The van der Waals surface area contributed by atoms with Gasteiger partial charge in [-0.25, -0.2) is 0 Å². The van der Waals surface area contributed by atoms with E-state index in [0.717, 1.165) is 35.2 Å². The molecule has 0 radical (unpaired) electrons. The molecule has 0 saturated heterocycles. The summed E-state index contributed by atoms with van der Waals surface area (Å²) in [7, 11) is 0. The van der Waals surface area contributed by atoms with E-state index in [2.05, 4.69) is 45.4 Å². The molecular formula is C16H18BrNO. The van der Waals surface area contributed by atoms with Crippen molar-refractivity contribution in [1.82, 2.24) is 5.32 Å². The molecule has 0 bridgehead atoms. The molecule has 0 fully saturated rings. The number of ether oxygens (including phenoxy) is 1. The lowest BCUT2D eigenvalue weighted by Crippen LogP contribution is -2.29. The first-order chi connectivity index (χ1) is 9.29. The molecule has 1 aromatic carbocycles. The van der Waals surface area contributed by atoms with E-state index in [9.17, 15) is 0 Å². The van der Waals surface area contributed by atoms with Crippen LogP contribution in [0.2, 0.25) is 0 Å². The van der Waals surface area contributed by atoms with Gasteiger partial charge in [0.15, 0.2) is 0 Å². The number of nitrogens with one attached hydrogen (secondary N) is 1. The zero-order valence-corrected chi connectivity index (χ0v) is 12.4. The van der Waals surface area contributed by atoms with Crippen LogP contribution in [0.25, 0.3) is 0 Å². The molecule has 0 heterocycles. The molecule has 1 atom stereocenters.